The number of aryl methyl sites for hydroxylation is 1. The maximum absolute atomic E-state index is 5.89. The Bertz CT molecular complexity index is 755. The van der Waals surface area contributed by atoms with Crippen LogP contribution in [0.25, 0.3) is 5.65 Å². The molecular weight excluding hydrogens is 310 g/mol. The van der Waals surface area contributed by atoms with Crippen LogP contribution in [0.15, 0.2) is 35.1 Å². The van der Waals surface area contributed by atoms with Gasteiger partial charge in [0.25, 0.3) is 5.88 Å². The van der Waals surface area contributed by atoms with Crippen molar-refractivity contribution in [2.24, 2.45) is 0 Å². The van der Waals surface area contributed by atoms with Gasteiger partial charge in [-0.15, -0.1) is 10.2 Å². The molecule has 3 aromatic rings. The Labute approximate surface area is 117 Å². The quantitative estimate of drug-likeness (QED) is 0.734. The molecule has 96 valence electrons. The lowest BCUT2D eigenvalue weighted by molar-refractivity contribution is 0.467. The molecule has 2 N–H and O–H groups in total. The lowest BCUT2D eigenvalue weighted by Gasteiger charge is -2.08. The van der Waals surface area contributed by atoms with E-state index < -0.39 is 0 Å². The number of nitrogens with two attached hydrogens (primary N) is 1. The molecule has 1 aromatic carbocycles. The van der Waals surface area contributed by atoms with Gasteiger partial charge in [0.15, 0.2) is 5.75 Å². The number of fused-ring (bicyclic) bond motifs is 1. The molecule has 0 spiro atoms. The predicted octanol–water partition coefficient (Wildman–Crippen LogP) is 2.57. The van der Waals surface area contributed by atoms with E-state index in [1.54, 1.807) is 28.9 Å². The molecule has 7 heteroatoms. The van der Waals surface area contributed by atoms with E-state index in [0.717, 1.165) is 10.3 Å². The summed E-state index contributed by atoms with van der Waals surface area (Å²) in [6.45, 7) is 1.86. The Morgan fingerprint density at radius 3 is 2.95 bits per heavy atom. The van der Waals surface area contributed by atoms with Crippen LogP contribution in [-0.4, -0.2) is 19.6 Å². The van der Waals surface area contributed by atoms with Crippen LogP contribution in [0.3, 0.4) is 0 Å². The number of rotatable bonds is 2. The summed E-state index contributed by atoms with van der Waals surface area (Å²) in [5, 5.41) is 8.03. The molecule has 0 radical (unpaired) electrons. The van der Waals surface area contributed by atoms with Gasteiger partial charge in [0.1, 0.15) is 5.82 Å². The zero-order valence-electron chi connectivity index (χ0n) is 10.0. The first-order valence-corrected chi connectivity index (χ1v) is 6.33. The van der Waals surface area contributed by atoms with Crippen LogP contribution in [0.2, 0.25) is 0 Å². The number of nitrogens with zero attached hydrogens (tertiary/aromatic N) is 4. The molecule has 6 nitrogen and oxygen atoms in total. The van der Waals surface area contributed by atoms with Crippen molar-refractivity contribution in [2.45, 2.75) is 6.92 Å². The van der Waals surface area contributed by atoms with Gasteiger partial charge in [-0.3, -0.25) is 4.40 Å². The molecule has 0 bridgehead atoms. The van der Waals surface area contributed by atoms with Gasteiger partial charge in [-0.1, -0.05) is 15.9 Å². The third kappa shape index (κ3) is 2.12. The molecule has 0 saturated carbocycles. The van der Waals surface area contributed by atoms with E-state index in [4.69, 9.17) is 10.5 Å². The van der Waals surface area contributed by atoms with E-state index in [2.05, 4.69) is 31.1 Å². The second kappa shape index (κ2) is 4.51. The summed E-state index contributed by atoms with van der Waals surface area (Å²) >= 11 is 3.35. The van der Waals surface area contributed by atoms with Crippen molar-refractivity contribution in [1.29, 1.82) is 0 Å². The number of nitrogen functional groups attached to an aromatic ring is 1. The van der Waals surface area contributed by atoms with Gasteiger partial charge < -0.3 is 10.5 Å². The lowest BCUT2D eigenvalue weighted by Crippen LogP contribution is -1.97. The molecule has 0 aliphatic rings. The third-order valence-corrected chi connectivity index (χ3v) is 3.14. The van der Waals surface area contributed by atoms with Crippen LogP contribution in [0, 0.1) is 6.92 Å². The zero-order chi connectivity index (χ0) is 13.4. The largest absolute Gasteiger partial charge is 0.434 e. The molecule has 0 aliphatic carbocycles. The Kier molecular flexibility index (Phi) is 2.83. The van der Waals surface area contributed by atoms with Crippen LogP contribution in [0.4, 0.5) is 5.69 Å². The van der Waals surface area contributed by atoms with Crippen molar-refractivity contribution in [3.05, 3.63) is 40.9 Å². The normalized spacial score (nSPS) is 10.8. The maximum atomic E-state index is 5.89. The van der Waals surface area contributed by atoms with Crippen LogP contribution >= 0.6 is 15.9 Å². The number of aromatic nitrogens is 4. The fourth-order valence-corrected chi connectivity index (χ4v) is 2.09. The molecule has 0 aliphatic heterocycles. The van der Waals surface area contributed by atoms with Crippen molar-refractivity contribution < 1.29 is 4.74 Å². The Morgan fingerprint density at radius 1 is 1.32 bits per heavy atom. The molecule has 3 rings (SSSR count). The summed E-state index contributed by atoms with van der Waals surface area (Å²) in [6.07, 6.45) is 3.41. The Balaban J connectivity index is 2.06. The van der Waals surface area contributed by atoms with Crippen LogP contribution < -0.4 is 10.5 Å². The maximum Gasteiger partial charge on any atom is 0.265 e. The first-order valence-electron chi connectivity index (χ1n) is 5.54. The summed E-state index contributed by atoms with van der Waals surface area (Å²) in [7, 11) is 0. The Morgan fingerprint density at radius 2 is 2.16 bits per heavy atom. The second-order valence-electron chi connectivity index (χ2n) is 3.96. The molecule has 0 fully saturated rings. The lowest BCUT2D eigenvalue weighted by atomic mass is 10.3. The van der Waals surface area contributed by atoms with Gasteiger partial charge in [-0.25, -0.2) is 4.98 Å². The highest BCUT2D eigenvalue weighted by Gasteiger charge is 2.11. The fourth-order valence-electron chi connectivity index (χ4n) is 1.71. The molecule has 0 amide bonds. The minimum Gasteiger partial charge on any atom is -0.434 e. The molecule has 19 heavy (non-hydrogen) atoms. The summed E-state index contributed by atoms with van der Waals surface area (Å²) in [5.41, 5.74) is 6.97. The first-order chi connectivity index (χ1) is 9.15. The van der Waals surface area contributed by atoms with E-state index in [1.165, 1.54) is 0 Å². The summed E-state index contributed by atoms with van der Waals surface area (Å²) < 4.78 is 8.40. The molecule has 0 unspecified atom stereocenters. The van der Waals surface area contributed by atoms with Crippen molar-refractivity contribution in [3.8, 4) is 11.6 Å². The first kappa shape index (κ1) is 11.9. The van der Waals surface area contributed by atoms with Gasteiger partial charge in [-0.2, -0.15) is 0 Å². The average molecular weight is 320 g/mol. The molecule has 2 aromatic heterocycles. The molecular formula is C12H10BrN5O. The van der Waals surface area contributed by atoms with Gasteiger partial charge in [0, 0.05) is 16.9 Å². The number of anilines is 1. The van der Waals surface area contributed by atoms with Gasteiger partial charge >= 0.3 is 0 Å². The second-order valence-corrected chi connectivity index (χ2v) is 4.87. The highest BCUT2D eigenvalue weighted by atomic mass is 79.9. The van der Waals surface area contributed by atoms with Gasteiger partial charge in [0.2, 0.25) is 5.65 Å². The van der Waals surface area contributed by atoms with Crippen molar-refractivity contribution in [3.63, 3.8) is 0 Å². The van der Waals surface area contributed by atoms with E-state index in [9.17, 15) is 0 Å². The van der Waals surface area contributed by atoms with Crippen LogP contribution in [-0.2, 0) is 0 Å². The number of benzene rings is 1. The number of hydrogen-bond acceptors (Lipinski definition) is 5. The molecule has 0 saturated heterocycles. The molecule has 2 heterocycles. The zero-order valence-corrected chi connectivity index (χ0v) is 11.6. The minimum absolute atomic E-state index is 0.372. The molecule has 0 atom stereocenters. The fraction of sp³-hybridized carbons (Fsp3) is 0.0833. The van der Waals surface area contributed by atoms with E-state index in [-0.39, 0.29) is 0 Å². The SMILES string of the molecule is Cc1nnc2c(Oc3ccc(Br)cc3N)nccn12. The summed E-state index contributed by atoms with van der Waals surface area (Å²) in [4.78, 5) is 4.17. The van der Waals surface area contributed by atoms with E-state index >= 15 is 0 Å². The highest BCUT2D eigenvalue weighted by molar-refractivity contribution is 9.10. The van der Waals surface area contributed by atoms with E-state index in [0.29, 0.717) is 23.0 Å². The highest BCUT2D eigenvalue weighted by Crippen LogP contribution is 2.30. The number of halogens is 1. The summed E-state index contributed by atoms with van der Waals surface area (Å²) in [6, 6.07) is 5.39. The van der Waals surface area contributed by atoms with Crippen molar-refractivity contribution >= 4 is 27.3 Å². The van der Waals surface area contributed by atoms with Crippen LogP contribution in [0.1, 0.15) is 5.82 Å². The Hall–Kier alpha value is -2.15. The van der Waals surface area contributed by atoms with Gasteiger partial charge in [-0.05, 0) is 25.1 Å². The standard InChI is InChI=1S/C12H10BrN5O/c1-7-16-17-11-12(15-4-5-18(7)11)19-10-3-2-8(13)6-9(10)14/h2-6H,14H2,1H3. The van der Waals surface area contributed by atoms with E-state index in [1.807, 2.05) is 13.0 Å². The summed E-state index contributed by atoms with van der Waals surface area (Å²) in [5.74, 6) is 1.67. The average Bonchev–Trinajstić information content (AvgIpc) is 2.76. The smallest absolute Gasteiger partial charge is 0.265 e. The third-order valence-electron chi connectivity index (χ3n) is 2.64. The minimum atomic E-state index is 0.372. The van der Waals surface area contributed by atoms with Crippen LogP contribution in [0.5, 0.6) is 11.6 Å². The van der Waals surface area contributed by atoms with Crippen molar-refractivity contribution in [2.75, 3.05) is 5.73 Å². The van der Waals surface area contributed by atoms with Gasteiger partial charge in [0.05, 0.1) is 5.69 Å². The topological polar surface area (TPSA) is 78.3 Å². The van der Waals surface area contributed by atoms with Crippen molar-refractivity contribution in [1.82, 2.24) is 19.6 Å². The number of ether oxygens (including phenoxy) is 1. The number of hydrogen-bond donors (Lipinski definition) is 1. The predicted molar refractivity (Wildman–Crippen MR) is 74.1 cm³/mol. The monoisotopic (exact) mass is 319 g/mol.